The zero-order valence-corrected chi connectivity index (χ0v) is 18.2. The van der Waals surface area contributed by atoms with Crippen LogP contribution in [-0.4, -0.2) is 13.0 Å². The average molecular weight is 466 g/mol. The molecule has 23 heavy (non-hydrogen) atoms. The van der Waals surface area contributed by atoms with Crippen molar-refractivity contribution in [2.24, 2.45) is 0 Å². The van der Waals surface area contributed by atoms with Gasteiger partial charge in [-0.15, -0.1) is 0 Å². The third kappa shape index (κ3) is 10.9. The maximum Gasteiger partial charge on any atom is 3.00 e. The van der Waals surface area contributed by atoms with Gasteiger partial charge in [0.1, 0.15) is 10.1 Å². The van der Waals surface area contributed by atoms with Crippen molar-refractivity contribution in [2.75, 3.05) is 0 Å². The van der Waals surface area contributed by atoms with Gasteiger partial charge in [0.25, 0.3) is 0 Å². The zero-order valence-electron chi connectivity index (χ0n) is 14.2. The molecule has 1 rings (SSSR count). The van der Waals surface area contributed by atoms with Crippen molar-refractivity contribution < 1.29 is 54.7 Å². The number of unbranched alkanes of at least 4 members (excludes halogenated alkanes) is 9. The monoisotopic (exact) mass is 465 g/mol. The number of rotatable bonds is 12. The first kappa shape index (κ1) is 23.5. The van der Waals surface area contributed by atoms with E-state index >= 15 is 0 Å². The van der Waals surface area contributed by atoms with Gasteiger partial charge in [-0.1, -0.05) is 82.9 Å². The van der Waals surface area contributed by atoms with Crippen LogP contribution in [0, 0.1) is 41.7 Å². The zero-order chi connectivity index (χ0) is 16.3. The van der Waals surface area contributed by atoms with Crippen LogP contribution in [0.3, 0.4) is 0 Å². The Hall–Kier alpha value is 0.507. The van der Waals surface area contributed by atoms with Gasteiger partial charge in [-0.3, -0.25) is 0 Å². The average Bonchev–Trinajstić information content (AvgIpc) is 2.48. The molecule has 0 saturated carbocycles. The van der Waals surface area contributed by atoms with Gasteiger partial charge in [-0.25, -0.2) is 8.42 Å². The maximum absolute atomic E-state index is 11.2. The summed E-state index contributed by atoms with van der Waals surface area (Å²) >= 11 is 0. The first-order valence-corrected chi connectivity index (χ1v) is 10.0. The van der Waals surface area contributed by atoms with E-state index in [4.69, 9.17) is 0 Å². The van der Waals surface area contributed by atoms with Crippen molar-refractivity contribution in [3.8, 4) is 0 Å². The standard InChI is InChI=1S/C18H30O3S.Ce/c1-2-3-4-5-6-7-8-9-10-11-14-17-15-12-13-16-18(17)22(19,20)21;/h12-13,15-16H,2-11,14H2,1H3,(H,19,20,21);/q;+3/p-1. The van der Waals surface area contributed by atoms with Crippen LogP contribution in [-0.2, 0) is 16.5 Å². The fourth-order valence-electron chi connectivity index (χ4n) is 2.76. The molecule has 0 amide bonds. The molecule has 0 aliphatic carbocycles. The molecule has 1 aromatic rings. The Bertz CT molecular complexity index is 515. The number of benzene rings is 1. The SMILES string of the molecule is CCCCCCCCCCCCc1ccccc1S(=O)(=O)[O-].[Ce+3]. The van der Waals surface area contributed by atoms with Crippen molar-refractivity contribution in [1.29, 1.82) is 0 Å². The van der Waals surface area contributed by atoms with Crippen LogP contribution in [0.5, 0.6) is 0 Å². The summed E-state index contributed by atoms with van der Waals surface area (Å²) in [5.74, 6) is 0. The molecule has 0 bridgehead atoms. The van der Waals surface area contributed by atoms with E-state index in [2.05, 4.69) is 6.92 Å². The summed E-state index contributed by atoms with van der Waals surface area (Å²) in [6.45, 7) is 2.23. The molecule has 127 valence electrons. The summed E-state index contributed by atoms with van der Waals surface area (Å²) < 4.78 is 33.5. The third-order valence-electron chi connectivity index (χ3n) is 4.04. The normalized spacial score (nSPS) is 11.2. The summed E-state index contributed by atoms with van der Waals surface area (Å²) in [5, 5.41) is 0. The third-order valence-corrected chi connectivity index (χ3v) is 4.98. The predicted octanol–water partition coefficient (Wildman–Crippen LogP) is 5.05. The molecule has 0 N–H and O–H groups in total. The van der Waals surface area contributed by atoms with Crippen molar-refractivity contribution in [3.05, 3.63) is 29.8 Å². The van der Waals surface area contributed by atoms with Gasteiger partial charge in [-0.2, -0.15) is 0 Å². The predicted molar refractivity (Wildman–Crippen MR) is 90.0 cm³/mol. The Balaban J connectivity index is 0.00000484. The molecule has 0 unspecified atom stereocenters. The topological polar surface area (TPSA) is 57.2 Å². The fraction of sp³-hybridized carbons (Fsp3) is 0.667. The smallest absolute Gasteiger partial charge is 0.744 e. The Labute approximate surface area is 175 Å². The molecule has 1 aromatic carbocycles. The van der Waals surface area contributed by atoms with Gasteiger partial charge in [-0.05, 0) is 24.5 Å². The molecule has 0 spiro atoms. The van der Waals surface area contributed by atoms with E-state index in [0.29, 0.717) is 12.0 Å². The van der Waals surface area contributed by atoms with Gasteiger partial charge in [0.05, 0.1) is 4.90 Å². The number of hydrogen-bond acceptors (Lipinski definition) is 3. The van der Waals surface area contributed by atoms with Gasteiger partial charge in [0.15, 0.2) is 0 Å². The van der Waals surface area contributed by atoms with Crippen molar-refractivity contribution in [1.82, 2.24) is 0 Å². The molecule has 0 heterocycles. The van der Waals surface area contributed by atoms with Crippen molar-refractivity contribution in [2.45, 2.75) is 82.4 Å². The maximum atomic E-state index is 11.2. The second-order valence-electron chi connectivity index (χ2n) is 5.99. The quantitative estimate of drug-likeness (QED) is 0.320. The minimum absolute atomic E-state index is 0. The van der Waals surface area contributed by atoms with Crippen LogP contribution >= 0.6 is 0 Å². The Morgan fingerprint density at radius 3 is 1.83 bits per heavy atom. The minimum Gasteiger partial charge on any atom is -0.744 e. The second-order valence-corrected chi connectivity index (χ2v) is 7.34. The van der Waals surface area contributed by atoms with E-state index in [-0.39, 0.29) is 46.6 Å². The molecular weight excluding hydrogens is 436 g/mol. The Morgan fingerprint density at radius 1 is 0.826 bits per heavy atom. The van der Waals surface area contributed by atoms with E-state index in [9.17, 15) is 13.0 Å². The van der Waals surface area contributed by atoms with Crippen LogP contribution < -0.4 is 0 Å². The van der Waals surface area contributed by atoms with Crippen LogP contribution in [0.25, 0.3) is 0 Å². The first-order chi connectivity index (χ1) is 10.6. The van der Waals surface area contributed by atoms with Crippen molar-refractivity contribution >= 4 is 10.1 Å². The molecule has 0 fully saturated rings. The van der Waals surface area contributed by atoms with Crippen molar-refractivity contribution in [3.63, 3.8) is 0 Å². The van der Waals surface area contributed by atoms with Gasteiger partial charge >= 0.3 is 41.7 Å². The summed E-state index contributed by atoms with van der Waals surface area (Å²) in [6.07, 6.45) is 13.2. The summed E-state index contributed by atoms with van der Waals surface area (Å²) in [6, 6.07) is 6.56. The molecule has 0 aliphatic rings. The minimum atomic E-state index is -4.35. The Morgan fingerprint density at radius 2 is 1.30 bits per heavy atom. The molecule has 5 heteroatoms. The summed E-state index contributed by atoms with van der Waals surface area (Å²) in [5.41, 5.74) is 0.664. The molecular formula is C18H29CeO3S+2. The van der Waals surface area contributed by atoms with E-state index in [1.807, 2.05) is 0 Å². The molecule has 3 nitrogen and oxygen atoms in total. The second kappa shape index (κ2) is 13.8. The van der Waals surface area contributed by atoms with Crippen LogP contribution in [0.15, 0.2) is 29.2 Å². The van der Waals surface area contributed by atoms with Gasteiger partial charge in [0.2, 0.25) is 0 Å². The van der Waals surface area contributed by atoms with E-state index in [0.717, 1.165) is 12.8 Å². The van der Waals surface area contributed by atoms with Gasteiger partial charge < -0.3 is 4.55 Å². The molecule has 0 atom stereocenters. The Kier molecular flexibility index (Phi) is 14.1. The van der Waals surface area contributed by atoms with E-state index in [1.54, 1.807) is 18.2 Å². The van der Waals surface area contributed by atoms with Crippen LogP contribution in [0.1, 0.15) is 76.7 Å². The fourth-order valence-corrected chi connectivity index (χ4v) is 3.49. The summed E-state index contributed by atoms with van der Waals surface area (Å²) in [7, 11) is -4.35. The first-order valence-electron chi connectivity index (χ1n) is 8.59. The summed E-state index contributed by atoms with van der Waals surface area (Å²) in [4.78, 5) is -0.0501. The van der Waals surface area contributed by atoms with Crippen LogP contribution in [0.4, 0.5) is 0 Å². The number of hydrogen-bond donors (Lipinski definition) is 0. The van der Waals surface area contributed by atoms with Gasteiger partial charge in [0, 0.05) is 0 Å². The van der Waals surface area contributed by atoms with E-state index < -0.39 is 10.1 Å². The van der Waals surface area contributed by atoms with E-state index in [1.165, 1.54) is 57.4 Å². The number of aryl methyl sites for hydroxylation is 1. The van der Waals surface area contributed by atoms with Crippen LogP contribution in [0.2, 0.25) is 0 Å². The molecule has 0 aromatic heterocycles. The molecule has 0 aliphatic heterocycles. The largest absolute Gasteiger partial charge is 3.00 e. The molecule has 1 radical (unpaired) electrons. The molecule has 0 saturated heterocycles.